The van der Waals surface area contributed by atoms with Gasteiger partial charge in [0.15, 0.2) is 0 Å². The summed E-state index contributed by atoms with van der Waals surface area (Å²) < 4.78 is 31.9. The average Bonchev–Trinajstić information content (AvgIpc) is 2.81. The minimum absolute atomic E-state index is 0.0337. The molecule has 1 heterocycles. The van der Waals surface area contributed by atoms with Gasteiger partial charge in [-0.2, -0.15) is 8.42 Å². The highest BCUT2D eigenvalue weighted by molar-refractivity contribution is 7.85. The van der Waals surface area contributed by atoms with Crippen LogP contribution in [0.3, 0.4) is 0 Å². The van der Waals surface area contributed by atoms with Gasteiger partial charge in [-0.3, -0.25) is 13.8 Å². The van der Waals surface area contributed by atoms with E-state index in [4.69, 9.17) is 4.18 Å². The zero-order valence-corrected chi connectivity index (χ0v) is 13.8. The first-order chi connectivity index (χ1) is 10.8. The molecule has 126 valence electrons. The van der Waals surface area contributed by atoms with Gasteiger partial charge in [0.2, 0.25) is 5.91 Å². The Labute approximate surface area is 135 Å². The minimum Gasteiger partial charge on any atom is -0.469 e. The van der Waals surface area contributed by atoms with Crippen molar-refractivity contribution in [2.24, 2.45) is 5.92 Å². The molecule has 23 heavy (non-hydrogen) atoms. The normalized spacial score (nSPS) is 21.5. The molecule has 1 amide bonds. The first kappa shape index (κ1) is 17.4. The Morgan fingerprint density at radius 3 is 2.52 bits per heavy atom. The van der Waals surface area contributed by atoms with Gasteiger partial charge in [0.25, 0.3) is 10.1 Å². The fourth-order valence-corrected chi connectivity index (χ4v) is 3.04. The van der Waals surface area contributed by atoms with Crippen molar-refractivity contribution in [1.82, 2.24) is 0 Å². The van der Waals surface area contributed by atoms with Gasteiger partial charge in [-0.15, -0.1) is 0 Å². The first-order valence-electron chi connectivity index (χ1n) is 7.11. The molecule has 1 fully saturated rings. The van der Waals surface area contributed by atoms with Gasteiger partial charge in [-0.25, -0.2) is 0 Å². The molecule has 1 aromatic rings. The maximum Gasteiger partial charge on any atom is 0.306 e. The molecule has 0 saturated carbocycles. The van der Waals surface area contributed by atoms with E-state index >= 15 is 0 Å². The standard InChI is InChI=1S/C15H19NO6S/c1-21-14(17)9-11-8-13(10-22-23(2,19)20)16(15(11)18)12-6-4-3-5-7-12/h3-7,11,13H,8-10H2,1-2H3/t11-,13-/m0/s1. The summed E-state index contributed by atoms with van der Waals surface area (Å²) >= 11 is 0. The highest BCUT2D eigenvalue weighted by atomic mass is 32.2. The van der Waals surface area contributed by atoms with Gasteiger partial charge in [0.1, 0.15) is 0 Å². The Balaban J connectivity index is 2.22. The lowest BCUT2D eigenvalue weighted by molar-refractivity contribution is -0.143. The SMILES string of the molecule is COC(=O)C[C@@H]1C[C@@H](COS(C)(=O)=O)N(c2ccccc2)C1=O. The zero-order chi connectivity index (χ0) is 17.0. The quantitative estimate of drug-likeness (QED) is 0.565. The van der Waals surface area contributed by atoms with Crippen LogP contribution in [0.25, 0.3) is 0 Å². The van der Waals surface area contributed by atoms with Crippen LogP contribution < -0.4 is 4.90 Å². The van der Waals surface area contributed by atoms with Crippen molar-refractivity contribution in [3.63, 3.8) is 0 Å². The lowest BCUT2D eigenvalue weighted by Gasteiger charge is -2.24. The highest BCUT2D eigenvalue weighted by Gasteiger charge is 2.41. The molecule has 1 aromatic carbocycles. The van der Waals surface area contributed by atoms with E-state index in [9.17, 15) is 18.0 Å². The summed E-state index contributed by atoms with van der Waals surface area (Å²) in [6.45, 7) is -0.142. The predicted molar refractivity (Wildman–Crippen MR) is 83.3 cm³/mol. The molecule has 1 aliphatic heterocycles. The number of ether oxygens (including phenoxy) is 1. The molecule has 0 aliphatic carbocycles. The Morgan fingerprint density at radius 2 is 1.96 bits per heavy atom. The van der Waals surface area contributed by atoms with E-state index in [0.29, 0.717) is 12.1 Å². The maximum atomic E-state index is 12.6. The number of esters is 1. The van der Waals surface area contributed by atoms with Crippen LogP contribution in [0.15, 0.2) is 30.3 Å². The third-order valence-electron chi connectivity index (χ3n) is 3.66. The van der Waals surface area contributed by atoms with E-state index < -0.39 is 28.0 Å². The van der Waals surface area contributed by atoms with Gasteiger partial charge in [-0.05, 0) is 18.6 Å². The molecule has 7 nitrogen and oxygen atoms in total. The van der Waals surface area contributed by atoms with E-state index in [1.807, 2.05) is 6.07 Å². The molecular formula is C15H19NO6S. The molecule has 1 saturated heterocycles. The number of para-hydroxylation sites is 1. The van der Waals surface area contributed by atoms with Crippen molar-refractivity contribution in [3.05, 3.63) is 30.3 Å². The molecule has 0 N–H and O–H groups in total. The lowest BCUT2D eigenvalue weighted by atomic mass is 10.0. The fraction of sp³-hybridized carbons (Fsp3) is 0.467. The summed E-state index contributed by atoms with van der Waals surface area (Å²) in [5, 5.41) is 0. The van der Waals surface area contributed by atoms with Crippen molar-refractivity contribution < 1.29 is 26.9 Å². The van der Waals surface area contributed by atoms with Crippen LogP contribution in [0.2, 0.25) is 0 Å². The first-order valence-corrected chi connectivity index (χ1v) is 8.93. The van der Waals surface area contributed by atoms with E-state index in [-0.39, 0.29) is 18.9 Å². The number of rotatable bonds is 6. The largest absolute Gasteiger partial charge is 0.469 e. The summed E-state index contributed by atoms with van der Waals surface area (Å²) in [5.41, 5.74) is 0.645. The summed E-state index contributed by atoms with van der Waals surface area (Å²) in [4.78, 5) is 25.6. The number of methoxy groups -OCH3 is 1. The number of anilines is 1. The van der Waals surface area contributed by atoms with Gasteiger partial charge >= 0.3 is 5.97 Å². The summed E-state index contributed by atoms with van der Waals surface area (Å²) in [6.07, 6.45) is 1.26. The number of hydrogen-bond donors (Lipinski definition) is 0. The van der Waals surface area contributed by atoms with Crippen LogP contribution in [0.4, 0.5) is 5.69 Å². The Morgan fingerprint density at radius 1 is 1.30 bits per heavy atom. The minimum atomic E-state index is -3.61. The molecular weight excluding hydrogens is 322 g/mol. The molecule has 0 unspecified atom stereocenters. The maximum absolute atomic E-state index is 12.6. The van der Waals surface area contributed by atoms with Crippen molar-refractivity contribution in [3.8, 4) is 0 Å². The third-order valence-corrected chi connectivity index (χ3v) is 4.22. The van der Waals surface area contributed by atoms with Gasteiger partial charge in [0.05, 0.1) is 38.4 Å². The Hall–Kier alpha value is -1.93. The molecule has 0 spiro atoms. The van der Waals surface area contributed by atoms with Crippen LogP contribution >= 0.6 is 0 Å². The van der Waals surface area contributed by atoms with Crippen LogP contribution in [0.5, 0.6) is 0 Å². The zero-order valence-electron chi connectivity index (χ0n) is 13.0. The monoisotopic (exact) mass is 341 g/mol. The summed E-state index contributed by atoms with van der Waals surface area (Å²) in [5.74, 6) is -1.25. The number of carbonyl (C=O) groups is 2. The van der Waals surface area contributed by atoms with E-state index in [1.54, 1.807) is 24.3 Å². The van der Waals surface area contributed by atoms with Crippen molar-refractivity contribution in [1.29, 1.82) is 0 Å². The molecule has 0 radical (unpaired) electrons. The second kappa shape index (κ2) is 7.10. The van der Waals surface area contributed by atoms with Crippen molar-refractivity contribution in [2.75, 3.05) is 24.9 Å². The lowest BCUT2D eigenvalue weighted by Crippen LogP contribution is -2.37. The number of amides is 1. The van der Waals surface area contributed by atoms with E-state index in [1.165, 1.54) is 12.0 Å². The topological polar surface area (TPSA) is 90.0 Å². The van der Waals surface area contributed by atoms with Crippen molar-refractivity contribution >= 4 is 27.7 Å². The number of carbonyl (C=O) groups excluding carboxylic acids is 2. The Kier molecular flexibility index (Phi) is 5.38. The number of hydrogen-bond acceptors (Lipinski definition) is 6. The third kappa shape index (κ3) is 4.52. The van der Waals surface area contributed by atoms with Crippen molar-refractivity contribution in [2.45, 2.75) is 18.9 Å². The predicted octanol–water partition coefficient (Wildman–Crippen LogP) is 0.947. The van der Waals surface area contributed by atoms with Gasteiger partial charge < -0.3 is 9.64 Å². The van der Waals surface area contributed by atoms with Gasteiger partial charge in [-0.1, -0.05) is 18.2 Å². The molecule has 8 heteroatoms. The molecule has 2 atom stereocenters. The molecule has 0 bridgehead atoms. The van der Waals surface area contributed by atoms with Gasteiger partial charge in [0, 0.05) is 5.69 Å². The fourth-order valence-electron chi connectivity index (χ4n) is 2.64. The number of nitrogens with zero attached hydrogens (tertiary/aromatic N) is 1. The van der Waals surface area contributed by atoms with Crippen LogP contribution in [-0.2, 0) is 28.6 Å². The highest BCUT2D eigenvalue weighted by Crippen LogP contribution is 2.32. The summed E-state index contributed by atoms with van der Waals surface area (Å²) in [6, 6.07) is 8.44. The summed E-state index contributed by atoms with van der Waals surface area (Å²) in [7, 11) is -2.34. The smallest absolute Gasteiger partial charge is 0.306 e. The number of benzene rings is 1. The van der Waals surface area contributed by atoms with Crippen LogP contribution in [0, 0.1) is 5.92 Å². The van der Waals surface area contributed by atoms with E-state index in [2.05, 4.69) is 4.74 Å². The van der Waals surface area contributed by atoms with E-state index in [0.717, 1.165) is 6.26 Å². The second-order valence-electron chi connectivity index (χ2n) is 5.40. The molecule has 2 rings (SSSR count). The Bertz CT molecular complexity index is 672. The molecule has 1 aliphatic rings. The van der Waals surface area contributed by atoms with Crippen LogP contribution in [0.1, 0.15) is 12.8 Å². The second-order valence-corrected chi connectivity index (χ2v) is 7.04. The molecule has 0 aromatic heterocycles. The van der Waals surface area contributed by atoms with Crippen LogP contribution in [-0.4, -0.2) is 46.3 Å². The average molecular weight is 341 g/mol.